The number of nitrogens with zero attached hydrogens (tertiary/aromatic N) is 1. The van der Waals surface area contributed by atoms with E-state index in [1.807, 2.05) is 30.3 Å². The van der Waals surface area contributed by atoms with Gasteiger partial charge in [0.05, 0.1) is 11.3 Å². The van der Waals surface area contributed by atoms with Crippen LogP contribution in [0.25, 0.3) is 10.8 Å². The number of Topliss-reactive ketones (excluding diaryl/α,β-unsaturated/α-hetero) is 1. The van der Waals surface area contributed by atoms with Crippen molar-refractivity contribution in [3.63, 3.8) is 0 Å². The number of aliphatic hydroxyl groups excluding tert-OH is 1. The van der Waals surface area contributed by atoms with Crippen molar-refractivity contribution in [2.24, 2.45) is 0 Å². The van der Waals surface area contributed by atoms with E-state index in [9.17, 15) is 9.90 Å². The Morgan fingerprint density at radius 1 is 0.935 bits per heavy atom. The highest BCUT2D eigenvalue weighted by Gasteiger charge is 2.40. The molecule has 4 heteroatoms. The van der Waals surface area contributed by atoms with E-state index in [4.69, 9.17) is 0 Å². The smallest absolute Gasteiger partial charge is 0.158 e. The fourth-order valence-corrected chi connectivity index (χ4v) is 4.53. The third kappa shape index (κ3) is 4.97. The Labute approximate surface area is 184 Å². The number of anilines is 1. The molecule has 1 fully saturated rings. The van der Waals surface area contributed by atoms with Crippen molar-refractivity contribution in [1.82, 2.24) is 4.90 Å². The lowest BCUT2D eigenvalue weighted by molar-refractivity contribution is -0.125. The molecule has 1 aliphatic rings. The first kappa shape index (κ1) is 21.1. The molecule has 1 saturated heterocycles. The Hall–Kier alpha value is -3.11. The zero-order valence-corrected chi connectivity index (χ0v) is 17.9. The second-order valence-electron chi connectivity index (χ2n) is 8.48. The number of hydrogen-bond donors (Lipinski definition) is 2. The summed E-state index contributed by atoms with van der Waals surface area (Å²) in [6.07, 6.45) is 2.10. The van der Waals surface area contributed by atoms with Crippen LogP contribution in [0.3, 0.4) is 0 Å². The minimum absolute atomic E-state index is 0.0663. The molecule has 3 aromatic carbocycles. The highest BCUT2D eigenvalue weighted by molar-refractivity contribution is 5.91. The van der Waals surface area contributed by atoms with Gasteiger partial charge in [-0.25, -0.2) is 0 Å². The van der Waals surface area contributed by atoms with Crippen molar-refractivity contribution in [3.05, 3.63) is 90.7 Å². The first-order valence-corrected chi connectivity index (χ1v) is 11.0. The van der Waals surface area contributed by atoms with Crippen LogP contribution in [0.5, 0.6) is 0 Å². The number of carbonyl (C=O) groups excluding carboxylic acids is 1. The summed E-state index contributed by atoms with van der Waals surface area (Å²) in [5.74, 6) is 0.216. The average Bonchev–Trinajstić information content (AvgIpc) is 2.80. The molecule has 0 radical (unpaired) electrons. The number of likely N-dealkylation sites (tertiary alicyclic amines) is 1. The van der Waals surface area contributed by atoms with E-state index < -0.39 is 5.54 Å². The summed E-state index contributed by atoms with van der Waals surface area (Å²) in [4.78, 5) is 15.7. The number of aliphatic hydroxyl groups is 1. The minimum atomic E-state index is -0.605. The highest BCUT2D eigenvalue weighted by atomic mass is 16.3. The van der Waals surface area contributed by atoms with Crippen LogP contribution in [0.4, 0.5) is 5.69 Å². The van der Waals surface area contributed by atoms with Gasteiger partial charge in [-0.3, -0.25) is 9.69 Å². The van der Waals surface area contributed by atoms with Gasteiger partial charge in [0.25, 0.3) is 0 Å². The average molecular weight is 415 g/mol. The standard InChI is InChI=1S/C27H30N2O2/c1-21(30)14-15-26(31)27(28-24-11-3-2-4-12-24)16-18-29(19-17-27)20-23-10-7-9-22-8-5-6-13-25(22)23/h2-13,28,30H,1,14-20H2. The summed E-state index contributed by atoms with van der Waals surface area (Å²) >= 11 is 0. The molecule has 0 unspecified atom stereocenters. The summed E-state index contributed by atoms with van der Waals surface area (Å²) in [5, 5.41) is 15.6. The molecule has 0 bridgehead atoms. The van der Waals surface area contributed by atoms with Gasteiger partial charge in [-0.2, -0.15) is 0 Å². The van der Waals surface area contributed by atoms with Gasteiger partial charge in [0.1, 0.15) is 0 Å². The van der Waals surface area contributed by atoms with Crippen LogP contribution in [0.2, 0.25) is 0 Å². The van der Waals surface area contributed by atoms with E-state index in [2.05, 4.69) is 59.3 Å². The Morgan fingerprint density at radius 2 is 1.61 bits per heavy atom. The van der Waals surface area contributed by atoms with Gasteiger partial charge in [0.15, 0.2) is 5.78 Å². The molecular formula is C27H30N2O2. The molecule has 1 aliphatic heterocycles. The highest BCUT2D eigenvalue weighted by Crippen LogP contribution is 2.31. The van der Waals surface area contributed by atoms with Crippen molar-refractivity contribution in [2.45, 2.75) is 37.8 Å². The second kappa shape index (κ2) is 9.36. The van der Waals surface area contributed by atoms with Gasteiger partial charge in [0, 0.05) is 38.2 Å². The number of carbonyl (C=O) groups is 1. The van der Waals surface area contributed by atoms with Gasteiger partial charge in [-0.05, 0) is 41.3 Å². The maximum Gasteiger partial charge on any atom is 0.158 e. The SMILES string of the molecule is C=C(O)CCC(=O)C1(Nc2ccccc2)CCN(Cc2cccc3ccccc23)CC1. The number of allylic oxidation sites excluding steroid dienone is 1. The fourth-order valence-electron chi connectivity index (χ4n) is 4.53. The molecule has 0 spiro atoms. The maximum atomic E-state index is 13.2. The van der Waals surface area contributed by atoms with Crippen molar-refractivity contribution < 1.29 is 9.90 Å². The van der Waals surface area contributed by atoms with Crippen LogP contribution in [0.1, 0.15) is 31.2 Å². The summed E-state index contributed by atoms with van der Waals surface area (Å²) < 4.78 is 0. The molecule has 4 rings (SSSR count). The number of rotatable bonds is 8. The summed E-state index contributed by atoms with van der Waals surface area (Å²) in [6.45, 7) is 6.10. The van der Waals surface area contributed by atoms with Crippen molar-refractivity contribution in [3.8, 4) is 0 Å². The number of nitrogens with one attached hydrogen (secondary N) is 1. The second-order valence-corrected chi connectivity index (χ2v) is 8.48. The van der Waals surface area contributed by atoms with E-state index in [0.29, 0.717) is 12.8 Å². The zero-order chi connectivity index (χ0) is 21.7. The summed E-state index contributed by atoms with van der Waals surface area (Å²) in [5.41, 5.74) is 1.68. The molecule has 2 N–H and O–H groups in total. The minimum Gasteiger partial charge on any atom is -0.513 e. The Kier molecular flexibility index (Phi) is 6.38. The number of benzene rings is 3. The van der Waals surface area contributed by atoms with Crippen LogP contribution in [0.15, 0.2) is 85.1 Å². The van der Waals surface area contributed by atoms with Crippen molar-refractivity contribution in [2.75, 3.05) is 18.4 Å². The molecule has 0 amide bonds. The number of piperidine rings is 1. The molecule has 31 heavy (non-hydrogen) atoms. The van der Waals surface area contributed by atoms with Gasteiger partial charge >= 0.3 is 0 Å². The third-order valence-electron chi connectivity index (χ3n) is 6.32. The third-order valence-corrected chi connectivity index (χ3v) is 6.32. The number of fused-ring (bicyclic) bond motifs is 1. The summed E-state index contributed by atoms with van der Waals surface area (Å²) in [6, 6.07) is 24.9. The molecule has 0 atom stereocenters. The Balaban J connectivity index is 1.49. The molecule has 3 aromatic rings. The Morgan fingerprint density at radius 3 is 2.35 bits per heavy atom. The van der Waals surface area contributed by atoms with Gasteiger partial charge in [-0.1, -0.05) is 67.2 Å². The lowest BCUT2D eigenvalue weighted by Crippen LogP contribution is -2.54. The predicted octanol–water partition coefficient (Wildman–Crippen LogP) is 5.71. The zero-order valence-electron chi connectivity index (χ0n) is 17.9. The molecule has 0 aliphatic carbocycles. The van der Waals surface area contributed by atoms with Gasteiger partial charge < -0.3 is 10.4 Å². The largest absolute Gasteiger partial charge is 0.513 e. The molecule has 1 heterocycles. The lowest BCUT2D eigenvalue weighted by Gasteiger charge is -2.42. The first-order valence-electron chi connectivity index (χ1n) is 11.0. The molecule has 0 saturated carbocycles. The van der Waals surface area contributed by atoms with Crippen molar-refractivity contribution >= 4 is 22.2 Å². The predicted molar refractivity (Wildman–Crippen MR) is 127 cm³/mol. The van der Waals surface area contributed by atoms with Crippen LogP contribution in [-0.4, -0.2) is 34.4 Å². The lowest BCUT2D eigenvalue weighted by atomic mass is 9.81. The van der Waals surface area contributed by atoms with Crippen LogP contribution in [0, 0.1) is 0 Å². The van der Waals surface area contributed by atoms with E-state index in [-0.39, 0.29) is 11.5 Å². The molecular weight excluding hydrogens is 384 g/mol. The Bertz CT molecular complexity index is 1050. The monoisotopic (exact) mass is 414 g/mol. The number of para-hydroxylation sites is 1. The van der Waals surface area contributed by atoms with E-state index in [0.717, 1.165) is 38.2 Å². The molecule has 160 valence electrons. The maximum absolute atomic E-state index is 13.2. The van der Waals surface area contributed by atoms with Gasteiger partial charge in [-0.15, -0.1) is 0 Å². The normalized spacial score (nSPS) is 16.1. The topological polar surface area (TPSA) is 52.6 Å². The van der Waals surface area contributed by atoms with Crippen LogP contribution < -0.4 is 5.32 Å². The number of hydrogen-bond acceptors (Lipinski definition) is 4. The van der Waals surface area contributed by atoms with Gasteiger partial charge in [0.2, 0.25) is 0 Å². The fraction of sp³-hybridized carbons (Fsp3) is 0.296. The first-order chi connectivity index (χ1) is 15.1. The van der Waals surface area contributed by atoms with E-state index in [1.165, 1.54) is 16.3 Å². The van der Waals surface area contributed by atoms with Crippen LogP contribution in [-0.2, 0) is 11.3 Å². The number of ketones is 1. The molecule has 0 aromatic heterocycles. The summed E-state index contributed by atoms with van der Waals surface area (Å²) in [7, 11) is 0. The van der Waals surface area contributed by atoms with E-state index >= 15 is 0 Å². The quantitative estimate of drug-likeness (QED) is 0.464. The van der Waals surface area contributed by atoms with Crippen LogP contribution >= 0.6 is 0 Å². The van der Waals surface area contributed by atoms with Crippen molar-refractivity contribution in [1.29, 1.82) is 0 Å². The molecule has 4 nitrogen and oxygen atoms in total. The van der Waals surface area contributed by atoms with E-state index in [1.54, 1.807) is 0 Å².